The van der Waals surface area contributed by atoms with Crippen LogP contribution in [-0.2, 0) is 6.54 Å². The van der Waals surface area contributed by atoms with Gasteiger partial charge in [-0.1, -0.05) is 0 Å². The smallest absolute Gasteiger partial charge is 0.319 e. The number of aromatic nitrogens is 2. The van der Waals surface area contributed by atoms with Gasteiger partial charge in [0.05, 0.1) is 6.61 Å². The van der Waals surface area contributed by atoms with E-state index in [9.17, 15) is 4.79 Å². The Hall–Kier alpha value is -2.50. The van der Waals surface area contributed by atoms with Gasteiger partial charge in [0.25, 0.3) is 0 Å². The van der Waals surface area contributed by atoms with Gasteiger partial charge in [-0.2, -0.15) is 0 Å². The van der Waals surface area contributed by atoms with Gasteiger partial charge in [-0.05, 0) is 57.4 Å². The van der Waals surface area contributed by atoms with Crippen LogP contribution >= 0.6 is 0 Å². The summed E-state index contributed by atoms with van der Waals surface area (Å²) in [7, 11) is 0. The predicted octanol–water partition coefficient (Wildman–Crippen LogP) is 3.58. The van der Waals surface area contributed by atoms with E-state index < -0.39 is 0 Å². The van der Waals surface area contributed by atoms with Crippen LogP contribution in [0.15, 0.2) is 36.7 Å². The maximum Gasteiger partial charge on any atom is 0.319 e. The summed E-state index contributed by atoms with van der Waals surface area (Å²) in [5.41, 5.74) is 0.754. The van der Waals surface area contributed by atoms with Gasteiger partial charge in [0.1, 0.15) is 11.6 Å². The zero-order valence-electron chi connectivity index (χ0n) is 14.4. The molecule has 2 amide bonds. The molecule has 0 aliphatic carbocycles. The molecule has 0 bridgehead atoms. The van der Waals surface area contributed by atoms with Gasteiger partial charge in [-0.25, -0.2) is 9.78 Å². The summed E-state index contributed by atoms with van der Waals surface area (Å²) >= 11 is 0. The van der Waals surface area contributed by atoms with Crippen LogP contribution in [0.1, 0.15) is 32.0 Å². The Morgan fingerprint density at radius 2 is 2.00 bits per heavy atom. The maximum absolute atomic E-state index is 11.4. The number of hydrogen-bond acceptors (Lipinski definition) is 3. The molecule has 0 atom stereocenters. The number of carbonyl (C=O) groups is 1. The van der Waals surface area contributed by atoms with E-state index in [1.165, 1.54) is 0 Å². The van der Waals surface area contributed by atoms with Crippen molar-refractivity contribution in [3.05, 3.63) is 42.5 Å². The minimum atomic E-state index is -0.195. The van der Waals surface area contributed by atoms with Crippen LogP contribution in [0.5, 0.6) is 5.75 Å². The first-order valence-corrected chi connectivity index (χ1v) is 8.44. The number of anilines is 1. The number of imidazole rings is 1. The lowest BCUT2D eigenvalue weighted by atomic mass is 10.2. The second kappa shape index (κ2) is 9.60. The van der Waals surface area contributed by atoms with E-state index >= 15 is 0 Å². The standard InChI is InChI=1S/C18H26N4O2/c1-3-19-18(23)21-16-7-9-17(10-8-16)24-14-6-4-5-12-22-13-11-20-15(22)2/h7-11,13H,3-6,12,14H2,1-2H3,(H2,19,21,23). The van der Waals surface area contributed by atoms with Gasteiger partial charge < -0.3 is 19.9 Å². The lowest BCUT2D eigenvalue weighted by Gasteiger charge is -2.09. The van der Waals surface area contributed by atoms with Crippen molar-refractivity contribution in [3.63, 3.8) is 0 Å². The highest BCUT2D eigenvalue weighted by Crippen LogP contribution is 2.16. The maximum atomic E-state index is 11.4. The fourth-order valence-corrected chi connectivity index (χ4v) is 2.36. The van der Waals surface area contributed by atoms with Crippen molar-refractivity contribution in [2.45, 2.75) is 39.7 Å². The number of hydrogen-bond donors (Lipinski definition) is 2. The van der Waals surface area contributed by atoms with E-state index in [0.717, 1.165) is 43.1 Å². The Morgan fingerprint density at radius 1 is 1.21 bits per heavy atom. The van der Waals surface area contributed by atoms with Crippen molar-refractivity contribution in [2.24, 2.45) is 0 Å². The monoisotopic (exact) mass is 330 g/mol. The number of ether oxygens (including phenoxy) is 1. The van der Waals surface area contributed by atoms with Gasteiger partial charge in [-0.3, -0.25) is 0 Å². The van der Waals surface area contributed by atoms with Crippen LogP contribution in [0.2, 0.25) is 0 Å². The average Bonchev–Trinajstić information content (AvgIpc) is 2.97. The van der Waals surface area contributed by atoms with Crippen molar-refractivity contribution in [1.29, 1.82) is 0 Å². The molecule has 0 unspecified atom stereocenters. The number of benzene rings is 1. The third-order valence-electron chi connectivity index (χ3n) is 3.69. The largest absolute Gasteiger partial charge is 0.494 e. The van der Waals surface area contributed by atoms with E-state index in [1.54, 1.807) is 0 Å². The second-order valence-electron chi connectivity index (χ2n) is 5.59. The van der Waals surface area contributed by atoms with Crippen molar-refractivity contribution in [3.8, 4) is 5.75 Å². The summed E-state index contributed by atoms with van der Waals surface area (Å²) in [5.74, 6) is 1.88. The number of unbranched alkanes of at least 4 members (excludes halogenated alkanes) is 2. The first-order chi connectivity index (χ1) is 11.7. The number of amides is 2. The molecule has 0 saturated heterocycles. The number of urea groups is 1. The van der Waals surface area contributed by atoms with E-state index in [2.05, 4.69) is 20.2 Å². The molecule has 0 radical (unpaired) electrons. The molecule has 6 heteroatoms. The molecule has 24 heavy (non-hydrogen) atoms. The van der Waals surface area contributed by atoms with Crippen LogP contribution < -0.4 is 15.4 Å². The first-order valence-electron chi connectivity index (χ1n) is 8.44. The Kier molecular flexibility index (Phi) is 7.14. The van der Waals surface area contributed by atoms with Crippen molar-refractivity contribution in [1.82, 2.24) is 14.9 Å². The summed E-state index contributed by atoms with van der Waals surface area (Å²) in [6.07, 6.45) is 7.11. The fraction of sp³-hybridized carbons (Fsp3) is 0.444. The normalized spacial score (nSPS) is 10.4. The summed E-state index contributed by atoms with van der Waals surface area (Å²) in [5, 5.41) is 5.45. The number of nitrogens with zero attached hydrogens (tertiary/aromatic N) is 2. The van der Waals surface area contributed by atoms with E-state index in [0.29, 0.717) is 13.2 Å². The van der Waals surface area contributed by atoms with E-state index in [4.69, 9.17) is 4.74 Å². The highest BCUT2D eigenvalue weighted by Gasteiger charge is 2.01. The molecular weight excluding hydrogens is 304 g/mol. The third kappa shape index (κ3) is 5.95. The Morgan fingerprint density at radius 3 is 2.67 bits per heavy atom. The molecule has 2 rings (SSSR count). The SMILES string of the molecule is CCNC(=O)Nc1ccc(OCCCCCn2ccnc2C)cc1. The minimum absolute atomic E-state index is 0.195. The van der Waals surface area contributed by atoms with Crippen molar-refractivity contribution in [2.75, 3.05) is 18.5 Å². The molecule has 0 saturated carbocycles. The molecule has 1 aromatic heterocycles. The second-order valence-corrected chi connectivity index (χ2v) is 5.59. The summed E-state index contributed by atoms with van der Waals surface area (Å²) in [6, 6.07) is 7.23. The first kappa shape index (κ1) is 17.8. The molecule has 0 aliphatic rings. The van der Waals surface area contributed by atoms with Crippen LogP contribution in [0, 0.1) is 6.92 Å². The lowest BCUT2D eigenvalue weighted by Crippen LogP contribution is -2.28. The third-order valence-corrected chi connectivity index (χ3v) is 3.69. The molecule has 0 fully saturated rings. The molecule has 130 valence electrons. The molecule has 2 aromatic rings. The topological polar surface area (TPSA) is 68.2 Å². The number of nitrogens with one attached hydrogen (secondary N) is 2. The molecule has 2 N–H and O–H groups in total. The Balaban J connectivity index is 1.60. The van der Waals surface area contributed by atoms with Gasteiger partial charge in [0.2, 0.25) is 0 Å². The summed E-state index contributed by atoms with van der Waals surface area (Å²) in [4.78, 5) is 15.6. The van der Waals surface area contributed by atoms with Crippen LogP contribution in [0.4, 0.5) is 10.5 Å². The summed E-state index contributed by atoms with van der Waals surface area (Å²) in [6.45, 7) is 6.21. The van der Waals surface area contributed by atoms with E-state index in [1.807, 2.05) is 50.5 Å². The summed E-state index contributed by atoms with van der Waals surface area (Å²) < 4.78 is 7.89. The predicted molar refractivity (Wildman–Crippen MR) is 95.4 cm³/mol. The number of rotatable bonds is 9. The zero-order chi connectivity index (χ0) is 17.2. The van der Waals surface area contributed by atoms with Crippen molar-refractivity contribution >= 4 is 11.7 Å². The fourth-order valence-electron chi connectivity index (χ4n) is 2.36. The van der Waals surface area contributed by atoms with Gasteiger partial charge in [0.15, 0.2) is 0 Å². The molecule has 1 heterocycles. The van der Waals surface area contributed by atoms with Crippen LogP contribution in [0.25, 0.3) is 0 Å². The average molecular weight is 330 g/mol. The van der Waals surface area contributed by atoms with E-state index in [-0.39, 0.29) is 6.03 Å². The van der Waals surface area contributed by atoms with Gasteiger partial charge >= 0.3 is 6.03 Å². The highest BCUT2D eigenvalue weighted by atomic mass is 16.5. The number of carbonyl (C=O) groups excluding carboxylic acids is 1. The Bertz CT molecular complexity index is 622. The van der Waals surface area contributed by atoms with Crippen LogP contribution in [0.3, 0.4) is 0 Å². The van der Waals surface area contributed by atoms with Gasteiger partial charge in [0, 0.05) is 31.2 Å². The zero-order valence-corrected chi connectivity index (χ0v) is 14.4. The van der Waals surface area contributed by atoms with Gasteiger partial charge in [-0.15, -0.1) is 0 Å². The quantitative estimate of drug-likeness (QED) is 0.691. The Labute approximate surface area is 143 Å². The molecular formula is C18H26N4O2. The molecule has 0 aliphatic heterocycles. The molecule has 1 aromatic carbocycles. The minimum Gasteiger partial charge on any atom is -0.494 e. The highest BCUT2D eigenvalue weighted by molar-refractivity contribution is 5.89. The van der Waals surface area contributed by atoms with Crippen molar-refractivity contribution < 1.29 is 9.53 Å². The lowest BCUT2D eigenvalue weighted by molar-refractivity contribution is 0.252. The van der Waals surface area contributed by atoms with Crippen LogP contribution in [-0.4, -0.2) is 28.7 Å². The molecule has 6 nitrogen and oxygen atoms in total. The molecule has 0 spiro atoms. The number of aryl methyl sites for hydroxylation is 2.